The van der Waals surface area contributed by atoms with Crippen molar-refractivity contribution in [3.8, 4) is 0 Å². The Morgan fingerprint density at radius 3 is 2.64 bits per heavy atom. The topological polar surface area (TPSA) is 53.6 Å². The summed E-state index contributed by atoms with van der Waals surface area (Å²) in [6.45, 7) is 4.71. The number of rotatable bonds is 6. The predicted molar refractivity (Wildman–Crippen MR) is 97.2 cm³/mol. The zero-order chi connectivity index (χ0) is 17.1. The smallest absolute Gasteiger partial charge is 0.315 e. The molecule has 2 atom stereocenters. The van der Waals surface area contributed by atoms with Crippen molar-refractivity contribution in [3.05, 3.63) is 35.4 Å². The van der Waals surface area contributed by atoms with Crippen molar-refractivity contribution in [3.63, 3.8) is 0 Å². The third-order valence-electron chi connectivity index (χ3n) is 5.69. The zero-order valence-corrected chi connectivity index (χ0v) is 14.9. The van der Waals surface area contributed by atoms with Crippen molar-refractivity contribution in [2.45, 2.75) is 57.3 Å². The van der Waals surface area contributed by atoms with E-state index in [-0.39, 0.29) is 18.2 Å². The van der Waals surface area contributed by atoms with Gasteiger partial charge in [0.05, 0.1) is 12.1 Å². The number of nitrogens with one attached hydrogen (secondary N) is 2. The summed E-state index contributed by atoms with van der Waals surface area (Å²) < 4.78 is 5.80. The molecule has 2 saturated heterocycles. The van der Waals surface area contributed by atoms with Gasteiger partial charge >= 0.3 is 6.03 Å². The van der Waals surface area contributed by atoms with Gasteiger partial charge < -0.3 is 15.4 Å². The van der Waals surface area contributed by atoms with Crippen molar-refractivity contribution >= 4 is 6.03 Å². The van der Waals surface area contributed by atoms with Gasteiger partial charge in [-0.1, -0.05) is 24.3 Å². The van der Waals surface area contributed by atoms with Crippen LogP contribution in [0.25, 0.3) is 0 Å². The molecule has 2 heterocycles. The SMILES string of the molecule is O=C(NCc1ccccc1CN1CCCC1)NC1CCOC1C1CC1. The molecule has 1 saturated carbocycles. The molecular formula is C20H29N3O2. The van der Waals surface area contributed by atoms with Crippen molar-refractivity contribution < 1.29 is 9.53 Å². The van der Waals surface area contributed by atoms with Crippen molar-refractivity contribution in [1.29, 1.82) is 0 Å². The highest BCUT2D eigenvalue weighted by atomic mass is 16.5. The van der Waals surface area contributed by atoms with Crippen LogP contribution in [0.3, 0.4) is 0 Å². The summed E-state index contributed by atoms with van der Waals surface area (Å²) in [7, 11) is 0. The summed E-state index contributed by atoms with van der Waals surface area (Å²) in [5.41, 5.74) is 2.54. The lowest BCUT2D eigenvalue weighted by molar-refractivity contribution is 0.0825. The van der Waals surface area contributed by atoms with Gasteiger partial charge in [-0.05, 0) is 62.2 Å². The van der Waals surface area contributed by atoms with Crippen molar-refractivity contribution in [2.24, 2.45) is 5.92 Å². The molecule has 1 aromatic carbocycles. The summed E-state index contributed by atoms with van der Waals surface area (Å²) in [6.07, 6.45) is 6.25. The second-order valence-corrected chi connectivity index (χ2v) is 7.65. The van der Waals surface area contributed by atoms with E-state index in [0.717, 1.165) is 19.6 Å². The fourth-order valence-electron chi connectivity index (χ4n) is 4.12. The van der Waals surface area contributed by atoms with Crippen LogP contribution in [0, 0.1) is 5.92 Å². The van der Waals surface area contributed by atoms with Crippen LogP contribution in [-0.4, -0.2) is 42.8 Å². The molecule has 1 aliphatic carbocycles. The largest absolute Gasteiger partial charge is 0.376 e. The van der Waals surface area contributed by atoms with Crippen LogP contribution in [0.5, 0.6) is 0 Å². The third-order valence-corrected chi connectivity index (χ3v) is 5.69. The Labute approximate surface area is 150 Å². The Kier molecular flexibility index (Phi) is 5.22. The first kappa shape index (κ1) is 16.9. The Morgan fingerprint density at radius 2 is 1.88 bits per heavy atom. The lowest BCUT2D eigenvalue weighted by Gasteiger charge is -2.20. The van der Waals surface area contributed by atoms with E-state index >= 15 is 0 Å². The highest BCUT2D eigenvalue weighted by molar-refractivity contribution is 5.74. The molecule has 2 amide bonds. The van der Waals surface area contributed by atoms with Gasteiger partial charge in [0.1, 0.15) is 0 Å². The van der Waals surface area contributed by atoms with E-state index < -0.39 is 0 Å². The monoisotopic (exact) mass is 343 g/mol. The second kappa shape index (κ2) is 7.75. The summed E-state index contributed by atoms with van der Waals surface area (Å²) >= 11 is 0. The van der Waals surface area contributed by atoms with Crippen LogP contribution in [-0.2, 0) is 17.8 Å². The Bertz CT molecular complexity index is 596. The van der Waals surface area contributed by atoms with E-state index in [0.29, 0.717) is 12.5 Å². The molecule has 3 fully saturated rings. The van der Waals surface area contributed by atoms with Gasteiger partial charge in [-0.2, -0.15) is 0 Å². The minimum Gasteiger partial charge on any atom is -0.376 e. The highest BCUT2D eigenvalue weighted by Gasteiger charge is 2.41. The molecule has 4 rings (SSSR count). The number of urea groups is 1. The third kappa shape index (κ3) is 4.33. The van der Waals surface area contributed by atoms with E-state index in [9.17, 15) is 4.79 Å². The summed E-state index contributed by atoms with van der Waals surface area (Å²) in [5.74, 6) is 0.661. The Balaban J connectivity index is 1.29. The average molecular weight is 343 g/mol. The molecule has 136 valence electrons. The number of amides is 2. The number of carbonyl (C=O) groups excluding carboxylic acids is 1. The minimum absolute atomic E-state index is 0.0721. The number of hydrogen-bond acceptors (Lipinski definition) is 3. The minimum atomic E-state index is -0.0721. The van der Waals surface area contributed by atoms with Crippen molar-refractivity contribution in [1.82, 2.24) is 15.5 Å². The first-order valence-electron chi connectivity index (χ1n) is 9.75. The van der Waals surface area contributed by atoms with Crippen LogP contribution in [0.15, 0.2) is 24.3 Å². The maximum absolute atomic E-state index is 12.3. The van der Waals surface area contributed by atoms with Crippen molar-refractivity contribution in [2.75, 3.05) is 19.7 Å². The quantitative estimate of drug-likeness (QED) is 0.835. The molecular weight excluding hydrogens is 314 g/mol. The molecule has 0 aromatic heterocycles. The number of carbonyl (C=O) groups is 1. The van der Waals surface area contributed by atoms with Crippen LogP contribution < -0.4 is 10.6 Å². The highest BCUT2D eigenvalue weighted by Crippen LogP contribution is 2.38. The molecule has 25 heavy (non-hydrogen) atoms. The molecule has 2 aliphatic heterocycles. The van der Waals surface area contributed by atoms with Crippen LogP contribution >= 0.6 is 0 Å². The van der Waals surface area contributed by atoms with Gasteiger partial charge in [-0.3, -0.25) is 4.90 Å². The van der Waals surface area contributed by atoms with Crippen LogP contribution in [0.2, 0.25) is 0 Å². The number of nitrogens with zero attached hydrogens (tertiary/aromatic N) is 1. The molecule has 0 spiro atoms. The first-order chi connectivity index (χ1) is 12.3. The van der Waals surface area contributed by atoms with Gasteiger partial charge in [0, 0.05) is 19.7 Å². The lowest BCUT2D eigenvalue weighted by atomic mass is 10.1. The number of ether oxygens (including phenoxy) is 1. The summed E-state index contributed by atoms with van der Waals surface area (Å²) in [5, 5.41) is 6.17. The lowest BCUT2D eigenvalue weighted by Crippen LogP contribution is -2.46. The van der Waals surface area contributed by atoms with Gasteiger partial charge in [0.15, 0.2) is 0 Å². The van der Waals surface area contributed by atoms with E-state index in [1.807, 2.05) is 0 Å². The maximum Gasteiger partial charge on any atom is 0.315 e. The average Bonchev–Trinajstić information content (AvgIpc) is 3.13. The van der Waals surface area contributed by atoms with E-state index in [4.69, 9.17) is 4.74 Å². The summed E-state index contributed by atoms with van der Waals surface area (Å²) in [4.78, 5) is 14.8. The molecule has 5 nitrogen and oxygen atoms in total. The molecule has 2 N–H and O–H groups in total. The molecule has 1 aromatic rings. The molecule has 5 heteroatoms. The van der Waals surface area contributed by atoms with Gasteiger partial charge in [-0.25, -0.2) is 4.79 Å². The normalized spacial score (nSPS) is 26.7. The molecule has 3 aliphatic rings. The first-order valence-corrected chi connectivity index (χ1v) is 9.75. The molecule has 2 unspecified atom stereocenters. The van der Waals surface area contributed by atoms with E-state index in [1.165, 1.54) is 49.9 Å². The van der Waals surface area contributed by atoms with E-state index in [1.54, 1.807) is 0 Å². The molecule has 0 bridgehead atoms. The molecule has 0 radical (unpaired) electrons. The Morgan fingerprint density at radius 1 is 1.12 bits per heavy atom. The van der Waals surface area contributed by atoms with E-state index in [2.05, 4.69) is 39.8 Å². The fourth-order valence-corrected chi connectivity index (χ4v) is 4.12. The predicted octanol–water partition coefficient (Wildman–Crippen LogP) is 2.65. The van der Waals surface area contributed by atoms with Crippen LogP contribution in [0.1, 0.15) is 43.2 Å². The second-order valence-electron chi connectivity index (χ2n) is 7.65. The maximum atomic E-state index is 12.3. The number of benzene rings is 1. The number of hydrogen-bond donors (Lipinski definition) is 2. The summed E-state index contributed by atoms with van der Waals surface area (Å²) in [6, 6.07) is 8.55. The Hall–Kier alpha value is -1.59. The number of likely N-dealkylation sites (tertiary alicyclic amines) is 1. The van der Waals surface area contributed by atoms with Crippen LogP contribution in [0.4, 0.5) is 4.79 Å². The van der Waals surface area contributed by atoms with Gasteiger partial charge in [0.25, 0.3) is 0 Å². The van der Waals surface area contributed by atoms with Gasteiger partial charge in [0.2, 0.25) is 0 Å². The zero-order valence-electron chi connectivity index (χ0n) is 14.9. The standard InChI is InChI=1S/C20H29N3O2/c24-20(22-18-9-12-25-19(18)15-7-8-15)21-13-16-5-1-2-6-17(16)14-23-10-3-4-11-23/h1-2,5-6,15,18-19H,3-4,7-14H2,(H2,21,22,24). The van der Waals surface area contributed by atoms with Gasteiger partial charge in [-0.15, -0.1) is 0 Å². The fraction of sp³-hybridized carbons (Fsp3) is 0.650.